The van der Waals surface area contributed by atoms with E-state index in [2.05, 4.69) is 10.3 Å². The molecule has 1 heterocycles. The number of fused-ring (bicyclic) bond motifs is 1. The van der Waals surface area contributed by atoms with Crippen LogP contribution in [-0.2, 0) is 12.1 Å². The summed E-state index contributed by atoms with van der Waals surface area (Å²) in [5.41, 5.74) is 2.85. The quantitative estimate of drug-likeness (QED) is 0.533. The number of para-hydroxylation sites is 1. The number of nitrogens with zero attached hydrogens (tertiary/aromatic N) is 3. The molecule has 0 bridgehead atoms. The van der Waals surface area contributed by atoms with Gasteiger partial charge in [-0.15, -0.1) is 5.10 Å². The summed E-state index contributed by atoms with van der Waals surface area (Å²) in [5.74, 6) is 0. The van der Waals surface area contributed by atoms with Gasteiger partial charge in [-0.3, -0.25) is 0 Å². The molecule has 4 rings (SSSR count). The fraction of sp³-hybridized carbons (Fsp3) is 0.130. The summed E-state index contributed by atoms with van der Waals surface area (Å²) in [7, 11) is 0. The Morgan fingerprint density at radius 2 is 1.61 bits per heavy atom. The topological polar surface area (TPSA) is 50.9 Å². The largest absolute Gasteiger partial charge is 0.375 e. The van der Waals surface area contributed by atoms with Crippen molar-refractivity contribution in [2.24, 2.45) is 0 Å². The Balaban J connectivity index is 1.75. The van der Waals surface area contributed by atoms with Crippen LogP contribution in [0.1, 0.15) is 16.7 Å². The van der Waals surface area contributed by atoms with Crippen molar-refractivity contribution in [3.63, 3.8) is 0 Å². The van der Waals surface area contributed by atoms with Crippen LogP contribution in [0.5, 0.6) is 0 Å². The minimum Gasteiger partial charge on any atom is -0.375 e. The van der Waals surface area contributed by atoms with E-state index in [4.69, 9.17) is 11.6 Å². The lowest BCUT2D eigenvalue weighted by Crippen LogP contribution is -2.28. The standard InChI is InChI=1S/C23H20ClN3O/c1-17-11-13-19(14-12-17)23(28,18-7-3-2-4-8-18)22(24)15-16-27-21-10-6-5-9-20(21)25-26-27/h2-15,28H,16H2,1H3. The van der Waals surface area contributed by atoms with Crippen LogP contribution in [0.15, 0.2) is 90.0 Å². The molecule has 1 atom stereocenters. The van der Waals surface area contributed by atoms with Gasteiger partial charge in [0.25, 0.3) is 0 Å². The van der Waals surface area contributed by atoms with Gasteiger partial charge in [0.15, 0.2) is 5.60 Å². The second kappa shape index (κ2) is 7.58. The van der Waals surface area contributed by atoms with Crippen LogP contribution in [-0.4, -0.2) is 20.1 Å². The van der Waals surface area contributed by atoms with Gasteiger partial charge in [0.2, 0.25) is 0 Å². The highest BCUT2D eigenvalue weighted by molar-refractivity contribution is 6.31. The molecule has 0 radical (unpaired) electrons. The van der Waals surface area contributed by atoms with Crippen LogP contribution in [0.2, 0.25) is 0 Å². The highest BCUT2D eigenvalue weighted by Crippen LogP contribution is 2.38. The van der Waals surface area contributed by atoms with Gasteiger partial charge in [0.1, 0.15) is 5.52 Å². The zero-order valence-corrected chi connectivity index (χ0v) is 16.2. The lowest BCUT2D eigenvalue weighted by Gasteiger charge is -2.29. The van der Waals surface area contributed by atoms with Gasteiger partial charge < -0.3 is 5.11 Å². The van der Waals surface area contributed by atoms with Crippen LogP contribution < -0.4 is 0 Å². The van der Waals surface area contributed by atoms with Gasteiger partial charge >= 0.3 is 0 Å². The SMILES string of the molecule is Cc1ccc(C(O)(C(Cl)=CCn2nnc3ccccc32)c2ccccc2)cc1. The fourth-order valence-electron chi connectivity index (χ4n) is 3.28. The van der Waals surface area contributed by atoms with E-state index in [1.807, 2.05) is 85.8 Å². The van der Waals surface area contributed by atoms with E-state index in [1.54, 1.807) is 10.8 Å². The average molecular weight is 390 g/mol. The number of aliphatic hydroxyl groups is 1. The van der Waals surface area contributed by atoms with Crippen LogP contribution in [0.25, 0.3) is 11.0 Å². The molecule has 4 aromatic rings. The lowest BCUT2D eigenvalue weighted by atomic mass is 9.85. The molecule has 5 heteroatoms. The average Bonchev–Trinajstić information content (AvgIpc) is 3.15. The van der Waals surface area contributed by atoms with Gasteiger partial charge in [0.05, 0.1) is 17.1 Å². The first-order chi connectivity index (χ1) is 13.6. The second-order valence-corrected chi connectivity index (χ2v) is 7.16. The van der Waals surface area contributed by atoms with E-state index in [0.29, 0.717) is 22.7 Å². The van der Waals surface area contributed by atoms with Crippen molar-refractivity contribution in [3.8, 4) is 0 Å². The van der Waals surface area contributed by atoms with Crippen LogP contribution in [0.3, 0.4) is 0 Å². The van der Waals surface area contributed by atoms with Gasteiger partial charge in [0, 0.05) is 0 Å². The predicted molar refractivity (Wildman–Crippen MR) is 112 cm³/mol. The molecule has 1 N–H and O–H groups in total. The van der Waals surface area contributed by atoms with E-state index in [1.165, 1.54) is 0 Å². The molecule has 0 aliphatic carbocycles. The molecule has 0 fully saturated rings. The summed E-state index contributed by atoms with van der Waals surface area (Å²) in [4.78, 5) is 0. The molecule has 0 saturated heterocycles. The Morgan fingerprint density at radius 1 is 0.964 bits per heavy atom. The third-order valence-corrected chi connectivity index (χ3v) is 5.30. The van der Waals surface area contributed by atoms with Gasteiger partial charge in [-0.2, -0.15) is 0 Å². The molecule has 140 valence electrons. The number of halogens is 1. The Morgan fingerprint density at radius 3 is 2.36 bits per heavy atom. The summed E-state index contributed by atoms with van der Waals surface area (Å²) in [6.45, 7) is 2.42. The minimum absolute atomic E-state index is 0.321. The van der Waals surface area contributed by atoms with E-state index in [0.717, 1.165) is 16.6 Å². The van der Waals surface area contributed by atoms with E-state index < -0.39 is 5.60 Å². The third-order valence-electron chi connectivity index (χ3n) is 4.87. The van der Waals surface area contributed by atoms with Crippen molar-refractivity contribution in [1.29, 1.82) is 0 Å². The maximum atomic E-state index is 11.7. The first kappa shape index (κ1) is 18.4. The summed E-state index contributed by atoms with van der Waals surface area (Å²) in [6.07, 6.45) is 1.79. The Hall–Kier alpha value is -2.95. The molecule has 0 spiro atoms. The lowest BCUT2D eigenvalue weighted by molar-refractivity contribution is 0.129. The molecule has 0 aliphatic rings. The van der Waals surface area contributed by atoms with E-state index >= 15 is 0 Å². The van der Waals surface area contributed by atoms with Crippen molar-refractivity contribution in [3.05, 3.63) is 107 Å². The third kappa shape index (κ3) is 3.33. The number of hydrogen-bond donors (Lipinski definition) is 1. The number of rotatable bonds is 5. The van der Waals surface area contributed by atoms with Crippen molar-refractivity contribution in [2.75, 3.05) is 0 Å². The number of allylic oxidation sites excluding steroid dienone is 1. The highest BCUT2D eigenvalue weighted by Gasteiger charge is 2.35. The zero-order chi connectivity index (χ0) is 19.6. The number of aromatic nitrogens is 3. The molecule has 4 nitrogen and oxygen atoms in total. The van der Waals surface area contributed by atoms with Gasteiger partial charge in [-0.05, 0) is 36.3 Å². The smallest absolute Gasteiger partial charge is 0.150 e. The monoisotopic (exact) mass is 389 g/mol. The molecule has 0 saturated carbocycles. The summed E-state index contributed by atoms with van der Waals surface area (Å²) < 4.78 is 1.76. The number of hydrogen-bond acceptors (Lipinski definition) is 3. The van der Waals surface area contributed by atoms with E-state index in [9.17, 15) is 5.11 Å². The molecular weight excluding hydrogens is 370 g/mol. The Labute approximate surface area is 168 Å². The predicted octanol–water partition coefficient (Wildman–Crippen LogP) is 4.80. The van der Waals surface area contributed by atoms with Crippen LogP contribution >= 0.6 is 11.6 Å². The fourth-order valence-corrected chi connectivity index (χ4v) is 3.57. The molecule has 0 aliphatic heterocycles. The van der Waals surface area contributed by atoms with Gasteiger partial charge in [-0.1, -0.05) is 89.1 Å². The van der Waals surface area contributed by atoms with Crippen molar-refractivity contribution in [2.45, 2.75) is 19.1 Å². The van der Waals surface area contributed by atoms with Crippen molar-refractivity contribution < 1.29 is 5.11 Å². The van der Waals surface area contributed by atoms with E-state index in [-0.39, 0.29) is 0 Å². The van der Waals surface area contributed by atoms with Crippen molar-refractivity contribution in [1.82, 2.24) is 15.0 Å². The highest BCUT2D eigenvalue weighted by atomic mass is 35.5. The van der Waals surface area contributed by atoms with Crippen molar-refractivity contribution >= 4 is 22.6 Å². The Bertz CT molecular complexity index is 1120. The molecule has 0 amide bonds. The number of aryl methyl sites for hydroxylation is 1. The maximum absolute atomic E-state index is 11.7. The molecule has 28 heavy (non-hydrogen) atoms. The normalized spacial score (nSPS) is 14.2. The van der Waals surface area contributed by atoms with Crippen LogP contribution in [0.4, 0.5) is 0 Å². The molecule has 1 unspecified atom stereocenters. The first-order valence-corrected chi connectivity index (χ1v) is 9.46. The minimum atomic E-state index is -1.44. The van der Waals surface area contributed by atoms with Gasteiger partial charge in [-0.25, -0.2) is 4.68 Å². The van der Waals surface area contributed by atoms with Crippen LogP contribution in [0, 0.1) is 6.92 Å². The first-order valence-electron chi connectivity index (χ1n) is 9.08. The maximum Gasteiger partial charge on any atom is 0.150 e. The number of benzene rings is 3. The molecule has 1 aromatic heterocycles. The zero-order valence-electron chi connectivity index (χ0n) is 15.5. The molecule has 3 aromatic carbocycles. The summed E-state index contributed by atoms with van der Waals surface area (Å²) in [6, 6.07) is 24.9. The summed E-state index contributed by atoms with van der Waals surface area (Å²) in [5, 5.41) is 20.4. The molecular formula is C23H20ClN3O. The summed E-state index contributed by atoms with van der Waals surface area (Å²) >= 11 is 6.71. The Kier molecular flexibility index (Phi) is 4.99. The second-order valence-electron chi connectivity index (χ2n) is 6.75.